The minimum atomic E-state index is -1.72. The first-order valence-electron chi connectivity index (χ1n) is 13.4. The Bertz CT molecular complexity index is 601. The molecule has 2 amide bonds. The van der Waals surface area contributed by atoms with Gasteiger partial charge < -0.3 is 4.43 Å². The number of unbranched alkanes of at least 4 members (excludes halogenated alkanes) is 10. The molecule has 0 aromatic rings. The van der Waals surface area contributed by atoms with Crippen molar-refractivity contribution in [2.75, 3.05) is 0 Å². The predicted octanol–water partition coefficient (Wildman–Crippen LogP) is 8.77. The first-order valence-corrected chi connectivity index (χ1v) is 17.2. The van der Waals surface area contributed by atoms with Crippen LogP contribution in [-0.2, 0) is 9.22 Å². The predicted molar refractivity (Wildman–Crippen MR) is 146 cm³/mol. The maximum Gasteiger partial charge on any atom is 0.286 e. The summed E-state index contributed by atoms with van der Waals surface area (Å²) < 4.78 is 6.66. The van der Waals surface area contributed by atoms with E-state index < -0.39 is 8.32 Å². The summed E-state index contributed by atoms with van der Waals surface area (Å²) in [6, 6.07) is 0. The first-order chi connectivity index (χ1) is 15.6. The molecule has 0 radical (unpaired) electrons. The summed E-state index contributed by atoms with van der Waals surface area (Å²) in [6.45, 7) is 13.9. The van der Waals surface area contributed by atoms with Crippen LogP contribution in [0.15, 0.2) is 12.2 Å². The van der Waals surface area contributed by atoms with Crippen LogP contribution in [0.1, 0.15) is 118 Å². The van der Waals surface area contributed by atoms with Crippen LogP contribution < -0.4 is 5.32 Å². The molecule has 1 rings (SSSR count). The van der Waals surface area contributed by atoms with E-state index in [1.165, 1.54) is 70.6 Å². The van der Waals surface area contributed by atoms with Crippen molar-refractivity contribution >= 4 is 31.2 Å². The third-order valence-corrected chi connectivity index (χ3v) is 12.6. The fourth-order valence-electron chi connectivity index (χ4n) is 3.82. The highest BCUT2D eigenvalue weighted by Crippen LogP contribution is 2.38. The van der Waals surface area contributed by atoms with Gasteiger partial charge in [0, 0.05) is 0 Å². The molecule has 192 valence electrons. The number of hydrogen-bond acceptors (Lipinski definition) is 4. The normalized spacial score (nSPS) is 18.3. The van der Waals surface area contributed by atoms with Gasteiger partial charge in [0.15, 0.2) is 8.32 Å². The van der Waals surface area contributed by atoms with Crippen LogP contribution in [0.5, 0.6) is 0 Å². The second-order valence-electron chi connectivity index (χ2n) is 11.1. The Morgan fingerprint density at radius 2 is 1.55 bits per heavy atom. The Morgan fingerprint density at radius 1 is 0.970 bits per heavy atom. The molecule has 1 fully saturated rings. The zero-order valence-electron chi connectivity index (χ0n) is 22.3. The number of allylic oxidation sites excluding steroid dienone is 1. The maximum absolute atomic E-state index is 11.5. The van der Waals surface area contributed by atoms with Gasteiger partial charge in [-0.15, -0.1) is 0 Å². The molecule has 1 aliphatic heterocycles. The molecule has 33 heavy (non-hydrogen) atoms. The Morgan fingerprint density at radius 3 is 2.06 bits per heavy atom. The molecule has 1 heterocycles. The molecule has 2 atom stereocenters. The Kier molecular flexibility index (Phi) is 14.9. The number of hydrogen-bond donors (Lipinski definition) is 1. The van der Waals surface area contributed by atoms with E-state index in [9.17, 15) is 9.59 Å². The van der Waals surface area contributed by atoms with Gasteiger partial charge in [-0.3, -0.25) is 14.9 Å². The Balaban J connectivity index is 2.06. The number of thioether (sulfide) groups is 1. The van der Waals surface area contributed by atoms with Gasteiger partial charge in [0.25, 0.3) is 5.24 Å². The fraction of sp³-hybridized carbons (Fsp3) is 0.852. The summed E-state index contributed by atoms with van der Waals surface area (Å²) in [4.78, 5) is 22.7. The van der Waals surface area contributed by atoms with Crippen LogP contribution in [0.2, 0.25) is 18.1 Å². The van der Waals surface area contributed by atoms with E-state index in [0.29, 0.717) is 0 Å². The number of nitrogens with one attached hydrogen (secondary N) is 1. The molecule has 6 heteroatoms. The number of amides is 2. The van der Waals surface area contributed by atoms with Crippen molar-refractivity contribution in [1.82, 2.24) is 5.32 Å². The minimum absolute atomic E-state index is 0.0977. The van der Waals surface area contributed by atoms with E-state index in [1.54, 1.807) is 0 Å². The topological polar surface area (TPSA) is 55.4 Å². The van der Waals surface area contributed by atoms with Crippen molar-refractivity contribution in [2.45, 2.75) is 147 Å². The summed E-state index contributed by atoms with van der Waals surface area (Å²) in [5, 5.41) is 2.29. The number of carbonyl (C=O) groups is 2. The zero-order chi connectivity index (χ0) is 24.7. The zero-order valence-corrected chi connectivity index (χ0v) is 24.2. The second kappa shape index (κ2) is 16.1. The van der Waals surface area contributed by atoms with Gasteiger partial charge in [0.1, 0.15) is 0 Å². The van der Waals surface area contributed by atoms with E-state index in [1.807, 2.05) is 0 Å². The number of imide groups is 1. The number of carbonyl (C=O) groups excluding carboxylic acids is 2. The average Bonchev–Trinajstić information content (AvgIpc) is 3.05. The summed E-state index contributed by atoms with van der Waals surface area (Å²) in [7, 11) is -1.72. The molecule has 0 spiro atoms. The Hall–Kier alpha value is -0.593. The maximum atomic E-state index is 11.5. The molecule has 1 saturated heterocycles. The van der Waals surface area contributed by atoms with Crippen LogP contribution in [0, 0.1) is 0 Å². The van der Waals surface area contributed by atoms with Crippen molar-refractivity contribution in [3.63, 3.8) is 0 Å². The lowest BCUT2D eigenvalue weighted by Gasteiger charge is -2.38. The third kappa shape index (κ3) is 13.2. The fourth-order valence-corrected chi connectivity index (χ4v) is 5.99. The molecule has 0 aliphatic carbocycles. The van der Waals surface area contributed by atoms with Gasteiger partial charge in [-0.2, -0.15) is 0 Å². The summed E-state index contributed by atoms with van der Waals surface area (Å²) in [6.07, 6.45) is 21.9. The average molecular weight is 498 g/mol. The molecule has 0 bridgehead atoms. The molecular weight excluding hydrogens is 446 g/mol. The highest BCUT2D eigenvalue weighted by atomic mass is 32.2. The van der Waals surface area contributed by atoms with Crippen LogP contribution >= 0.6 is 11.8 Å². The van der Waals surface area contributed by atoms with E-state index >= 15 is 0 Å². The van der Waals surface area contributed by atoms with Gasteiger partial charge >= 0.3 is 0 Å². The van der Waals surface area contributed by atoms with Crippen LogP contribution in [0.25, 0.3) is 0 Å². The SMILES string of the molecule is CCCC[C@H](C=CCCCCCCCCCCCC1SC(=O)NC1=O)O[Si](C)(C)C(C)(C)C. The molecular formula is C27H51NO3SSi. The van der Waals surface area contributed by atoms with Crippen molar-refractivity contribution in [3.05, 3.63) is 12.2 Å². The van der Waals surface area contributed by atoms with Crippen molar-refractivity contribution in [2.24, 2.45) is 0 Å². The first kappa shape index (κ1) is 30.4. The molecule has 1 unspecified atom stereocenters. The minimum Gasteiger partial charge on any atom is -0.411 e. The highest BCUT2D eigenvalue weighted by Gasteiger charge is 2.38. The van der Waals surface area contributed by atoms with Crippen molar-refractivity contribution in [3.8, 4) is 0 Å². The molecule has 0 aromatic heterocycles. The Labute approximate surface area is 209 Å². The van der Waals surface area contributed by atoms with Gasteiger partial charge in [-0.05, 0) is 43.8 Å². The van der Waals surface area contributed by atoms with E-state index in [2.05, 4.69) is 58.3 Å². The van der Waals surface area contributed by atoms with Crippen LogP contribution in [-0.4, -0.2) is 30.8 Å². The largest absolute Gasteiger partial charge is 0.411 e. The van der Waals surface area contributed by atoms with E-state index in [4.69, 9.17) is 4.43 Å². The third-order valence-electron chi connectivity index (χ3n) is 7.05. The molecule has 0 aromatic carbocycles. The van der Waals surface area contributed by atoms with Crippen LogP contribution in [0.4, 0.5) is 4.79 Å². The second-order valence-corrected chi connectivity index (χ2v) is 17.1. The lowest BCUT2D eigenvalue weighted by molar-refractivity contribution is -0.119. The van der Waals surface area contributed by atoms with Crippen molar-refractivity contribution < 1.29 is 14.0 Å². The molecule has 1 N–H and O–H groups in total. The monoisotopic (exact) mass is 497 g/mol. The standard InChI is InChI=1S/C27H51NO3SSi/c1-7-8-20-23(31-33(5,6)27(2,3)4)21-18-16-14-12-10-9-11-13-15-17-19-22-24-25(29)28-26(30)32-24/h18,21,23-24H,7-17,19-20,22H2,1-6H3,(H,28,29,30)/t23-,24?/m1/s1. The molecule has 0 saturated carbocycles. The summed E-state index contributed by atoms with van der Waals surface area (Å²) in [5.41, 5.74) is 0. The summed E-state index contributed by atoms with van der Waals surface area (Å²) in [5.74, 6) is -0.0977. The molecule has 1 aliphatic rings. The number of rotatable bonds is 18. The van der Waals surface area contributed by atoms with Gasteiger partial charge in [0.05, 0.1) is 11.4 Å². The lowest BCUT2D eigenvalue weighted by atomic mass is 10.0. The van der Waals surface area contributed by atoms with Crippen LogP contribution in [0.3, 0.4) is 0 Å². The van der Waals surface area contributed by atoms with Gasteiger partial charge in [-0.1, -0.05) is 116 Å². The molecule has 4 nitrogen and oxygen atoms in total. The van der Waals surface area contributed by atoms with Crippen molar-refractivity contribution in [1.29, 1.82) is 0 Å². The summed E-state index contributed by atoms with van der Waals surface area (Å²) >= 11 is 1.15. The smallest absolute Gasteiger partial charge is 0.286 e. The lowest BCUT2D eigenvalue weighted by Crippen LogP contribution is -2.43. The van der Waals surface area contributed by atoms with E-state index in [-0.39, 0.29) is 27.5 Å². The van der Waals surface area contributed by atoms with Gasteiger partial charge in [0.2, 0.25) is 5.91 Å². The quantitative estimate of drug-likeness (QED) is 0.117. The van der Waals surface area contributed by atoms with E-state index in [0.717, 1.165) is 31.0 Å². The van der Waals surface area contributed by atoms with Gasteiger partial charge in [-0.25, -0.2) is 0 Å². The highest BCUT2D eigenvalue weighted by molar-refractivity contribution is 8.15.